The van der Waals surface area contributed by atoms with Gasteiger partial charge in [-0.2, -0.15) is 0 Å². The highest BCUT2D eigenvalue weighted by atomic mass is 16.5. The fourth-order valence-corrected chi connectivity index (χ4v) is 10.1. The third-order valence-corrected chi connectivity index (χ3v) is 10.6. The topological polar surface area (TPSA) is 52.9 Å². The van der Waals surface area contributed by atoms with Gasteiger partial charge in [0.15, 0.2) is 0 Å². The first kappa shape index (κ1) is 16.8. The lowest BCUT2D eigenvalue weighted by atomic mass is 9.43. The first-order valence-electron chi connectivity index (χ1n) is 11.1. The molecule has 0 aromatic heterocycles. The SMILES string of the molecule is CCN1C[C@]2(C)CC[C@@H](OC)[C@@]34[C@@H]5C[C@@H]6CC[C@@](O)([C@H]5[C@H]6O)[C@@H](C[C@H]23)[C@@H]14. The van der Waals surface area contributed by atoms with Gasteiger partial charge in [0.1, 0.15) is 0 Å². The normalized spacial score (nSPS) is 65.4. The quantitative estimate of drug-likeness (QED) is 0.792. The van der Waals surface area contributed by atoms with Crippen molar-refractivity contribution >= 4 is 0 Å². The second kappa shape index (κ2) is 4.87. The Kier molecular flexibility index (Phi) is 3.14. The Morgan fingerprint density at radius 1 is 1.15 bits per heavy atom. The standard InChI is InChI=1S/C22H35NO3/c1-4-23-11-20(2)7-6-16(26-3)22-13-9-12-5-8-21(25,17(13)18(12)24)14(19(22)23)10-15(20)22/h12-19,24-25H,4-11H2,1-3H3/t12-,13+,14-,15+,16+,17+,18-,19+,20-,21-,22+/m0/s1. The molecule has 26 heavy (non-hydrogen) atoms. The molecule has 4 heteroatoms. The van der Waals surface area contributed by atoms with Crippen LogP contribution in [-0.4, -0.2) is 59.2 Å². The van der Waals surface area contributed by atoms with E-state index in [1.165, 1.54) is 13.0 Å². The van der Waals surface area contributed by atoms with Crippen LogP contribution in [0.25, 0.3) is 0 Å². The number of aliphatic hydroxyl groups is 2. The van der Waals surface area contributed by atoms with Crippen LogP contribution in [0.3, 0.4) is 0 Å². The van der Waals surface area contributed by atoms with Crippen LogP contribution >= 0.6 is 0 Å². The predicted octanol–water partition coefficient (Wildman–Crippen LogP) is 2.28. The summed E-state index contributed by atoms with van der Waals surface area (Å²) in [4.78, 5) is 2.73. The minimum absolute atomic E-state index is 0.0873. The number of fused-ring (bicyclic) bond motifs is 2. The van der Waals surface area contributed by atoms with E-state index in [-0.39, 0.29) is 17.4 Å². The Balaban J connectivity index is 1.62. The molecule has 11 atom stereocenters. The maximum atomic E-state index is 12.0. The molecule has 0 aromatic carbocycles. The molecule has 146 valence electrons. The summed E-state index contributed by atoms with van der Waals surface area (Å²) in [5.74, 6) is 1.89. The van der Waals surface area contributed by atoms with Crippen LogP contribution in [0.5, 0.6) is 0 Å². The van der Waals surface area contributed by atoms with E-state index in [2.05, 4.69) is 18.7 Å². The molecule has 1 aliphatic heterocycles. The van der Waals surface area contributed by atoms with Gasteiger partial charge in [0.05, 0.1) is 17.8 Å². The second-order valence-corrected chi connectivity index (χ2v) is 11.0. The number of hydrogen-bond donors (Lipinski definition) is 2. The van der Waals surface area contributed by atoms with Crippen molar-refractivity contribution in [2.75, 3.05) is 20.2 Å². The van der Waals surface area contributed by atoms with Crippen molar-refractivity contribution in [1.29, 1.82) is 0 Å². The van der Waals surface area contributed by atoms with E-state index in [9.17, 15) is 10.2 Å². The Morgan fingerprint density at radius 3 is 2.69 bits per heavy atom. The minimum Gasteiger partial charge on any atom is -0.392 e. The maximum Gasteiger partial charge on any atom is 0.0746 e. The van der Waals surface area contributed by atoms with Gasteiger partial charge in [-0.3, -0.25) is 4.90 Å². The Morgan fingerprint density at radius 2 is 1.96 bits per heavy atom. The highest BCUT2D eigenvalue weighted by Crippen LogP contribution is 2.78. The fourth-order valence-electron chi connectivity index (χ4n) is 10.1. The average molecular weight is 362 g/mol. The minimum atomic E-state index is -0.651. The Bertz CT molecular complexity index is 641. The maximum absolute atomic E-state index is 12.0. The molecular weight excluding hydrogens is 326 g/mol. The molecule has 5 saturated carbocycles. The van der Waals surface area contributed by atoms with E-state index < -0.39 is 5.60 Å². The van der Waals surface area contributed by atoms with Gasteiger partial charge in [0, 0.05) is 36.9 Å². The molecule has 0 unspecified atom stereocenters. The van der Waals surface area contributed by atoms with Crippen LogP contribution in [0.1, 0.15) is 52.4 Å². The van der Waals surface area contributed by atoms with Gasteiger partial charge >= 0.3 is 0 Å². The predicted molar refractivity (Wildman–Crippen MR) is 98.5 cm³/mol. The zero-order valence-electron chi connectivity index (χ0n) is 16.5. The Hall–Kier alpha value is -0.160. The zero-order valence-corrected chi connectivity index (χ0v) is 16.5. The van der Waals surface area contributed by atoms with Crippen molar-refractivity contribution in [3.8, 4) is 0 Å². The number of aliphatic hydroxyl groups excluding tert-OH is 1. The van der Waals surface area contributed by atoms with Crippen molar-refractivity contribution in [1.82, 2.24) is 4.90 Å². The van der Waals surface area contributed by atoms with Crippen molar-refractivity contribution in [3.63, 3.8) is 0 Å². The largest absolute Gasteiger partial charge is 0.392 e. The van der Waals surface area contributed by atoms with Crippen molar-refractivity contribution in [3.05, 3.63) is 0 Å². The van der Waals surface area contributed by atoms with Gasteiger partial charge in [-0.15, -0.1) is 0 Å². The molecule has 6 fully saturated rings. The van der Waals surface area contributed by atoms with Gasteiger partial charge in [-0.05, 0) is 68.2 Å². The number of methoxy groups -OCH3 is 1. The van der Waals surface area contributed by atoms with E-state index in [4.69, 9.17) is 4.74 Å². The van der Waals surface area contributed by atoms with Crippen molar-refractivity contribution in [2.45, 2.75) is 76.2 Å². The number of rotatable bonds is 2. The lowest BCUT2D eigenvalue weighted by Crippen LogP contribution is -2.75. The first-order chi connectivity index (χ1) is 12.4. The summed E-state index contributed by atoms with van der Waals surface area (Å²) in [6.45, 7) is 7.08. The summed E-state index contributed by atoms with van der Waals surface area (Å²) in [6.07, 6.45) is 6.59. The van der Waals surface area contributed by atoms with E-state index in [0.29, 0.717) is 41.2 Å². The molecular formula is C22H35NO3. The number of piperidine rings is 1. The molecule has 5 aliphatic carbocycles. The van der Waals surface area contributed by atoms with Crippen molar-refractivity contribution in [2.24, 2.45) is 40.4 Å². The molecule has 4 nitrogen and oxygen atoms in total. The summed E-state index contributed by atoms with van der Waals surface area (Å²) in [5.41, 5.74) is -0.159. The zero-order chi connectivity index (χ0) is 18.1. The van der Waals surface area contributed by atoms with Crippen LogP contribution in [-0.2, 0) is 4.74 Å². The van der Waals surface area contributed by atoms with Crippen LogP contribution < -0.4 is 0 Å². The van der Waals surface area contributed by atoms with Crippen LogP contribution in [0.15, 0.2) is 0 Å². The number of likely N-dealkylation sites (tertiary alicyclic amines) is 1. The van der Waals surface area contributed by atoms with Gasteiger partial charge in [-0.25, -0.2) is 0 Å². The first-order valence-corrected chi connectivity index (χ1v) is 11.1. The van der Waals surface area contributed by atoms with Crippen LogP contribution in [0.4, 0.5) is 0 Å². The summed E-state index contributed by atoms with van der Waals surface area (Å²) in [6, 6.07) is 0.450. The fraction of sp³-hybridized carbons (Fsp3) is 1.00. The lowest BCUT2D eigenvalue weighted by molar-refractivity contribution is -0.265. The molecule has 6 rings (SSSR count). The monoisotopic (exact) mass is 361 g/mol. The van der Waals surface area contributed by atoms with Crippen LogP contribution in [0, 0.1) is 40.4 Å². The van der Waals surface area contributed by atoms with Gasteiger partial charge in [-0.1, -0.05) is 13.8 Å². The van der Waals surface area contributed by atoms with Gasteiger partial charge in [0.25, 0.3) is 0 Å². The number of ether oxygens (including phenoxy) is 1. The summed E-state index contributed by atoms with van der Waals surface area (Å²) in [5, 5.41) is 23.2. The molecule has 1 saturated heterocycles. The molecule has 0 radical (unpaired) electrons. The van der Waals surface area contributed by atoms with Crippen LogP contribution in [0.2, 0.25) is 0 Å². The number of nitrogens with zero attached hydrogens (tertiary/aromatic N) is 1. The molecule has 1 heterocycles. The third-order valence-electron chi connectivity index (χ3n) is 10.6. The summed E-state index contributed by atoms with van der Waals surface area (Å²) in [7, 11) is 1.92. The van der Waals surface area contributed by atoms with E-state index in [0.717, 1.165) is 38.6 Å². The summed E-state index contributed by atoms with van der Waals surface area (Å²) >= 11 is 0. The van der Waals surface area contributed by atoms with Gasteiger partial charge in [0.2, 0.25) is 0 Å². The third kappa shape index (κ3) is 1.51. The van der Waals surface area contributed by atoms with E-state index >= 15 is 0 Å². The van der Waals surface area contributed by atoms with Crippen molar-refractivity contribution < 1.29 is 14.9 Å². The molecule has 0 amide bonds. The molecule has 2 N–H and O–H groups in total. The van der Waals surface area contributed by atoms with E-state index in [1.54, 1.807) is 0 Å². The molecule has 7 bridgehead atoms. The lowest BCUT2D eigenvalue weighted by Gasteiger charge is -2.69. The molecule has 6 aliphatic rings. The molecule has 1 spiro atoms. The summed E-state index contributed by atoms with van der Waals surface area (Å²) < 4.78 is 6.25. The molecule has 0 aromatic rings. The highest BCUT2D eigenvalue weighted by molar-refractivity contribution is 5.32. The average Bonchev–Trinajstić information content (AvgIpc) is 3.02. The van der Waals surface area contributed by atoms with Gasteiger partial charge < -0.3 is 14.9 Å². The van der Waals surface area contributed by atoms with E-state index in [1.807, 2.05) is 7.11 Å². The smallest absolute Gasteiger partial charge is 0.0746 e. The second-order valence-electron chi connectivity index (χ2n) is 11.0. The number of hydrogen-bond acceptors (Lipinski definition) is 4. The highest BCUT2D eigenvalue weighted by Gasteiger charge is 2.82. The Labute approximate surface area is 157 Å².